The fourth-order valence-electron chi connectivity index (χ4n) is 6.70. The van der Waals surface area contributed by atoms with E-state index in [1.807, 2.05) is 0 Å². The van der Waals surface area contributed by atoms with Crippen molar-refractivity contribution in [1.29, 1.82) is 0 Å². The molecule has 0 aliphatic heterocycles. The monoisotopic (exact) mass is 876 g/mol. The van der Waals surface area contributed by atoms with E-state index in [2.05, 4.69) is 61.6 Å². The third-order valence-electron chi connectivity index (χ3n) is 11.7. The van der Waals surface area contributed by atoms with Crippen LogP contribution in [-0.4, -0.2) is 82.3 Å². The van der Waals surface area contributed by atoms with E-state index in [0.29, 0.717) is 5.75 Å². The third-order valence-corrected chi connectivity index (χ3v) is 18.5. The average Bonchev–Trinajstić information content (AvgIpc) is 3.18. The number of carbonyl (C=O) groups excluding carboxylic acids is 3. The van der Waals surface area contributed by atoms with Gasteiger partial charge in [-0.15, -0.1) is 0 Å². The minimum atomic E-state index is -1.76. The van der Waals surface area contributed by atoms with Gasteiger partial charge in [-0.25, -0.2) is 4.79 Å². The van der Waals surface area contributed by atoms with Crippen molar-refractivity contribution in [3.05, 3.63) is 0 Å². The molecule has 0 aromatic carbocycles. The topological polar surface area (TPSA) is 91.4 Å². The van der Waals surface area contributed by atoms with Crippen LogP contribution in [0.2, 0.25) is 18.1 Å². The zero-order valence-corrected chi connectivity index (χ0v) is 42.0. The summed E-state index contributed by atoms with van der Waals surface area (Å²) in [5.41, 5.74) is 0. The summed E-state index contributed by atoms with van der Waals surface area (Å²) in [5, 5.41) is 0.189. The maximum Gasteiger partial charge on any atom is 0.410 e. The summed E-state index contributed by atoms with van der Waals surface area (Å²) >= 11 is 0. The summed E-state index contributed by atoms with van der Waals surface area (Å²) in [4.78, 5) is 41.7. The van der Waals surface area contributed by atoms with Gasteiger partial charge in [0.15, 0.2) is 8.32 Å². The number of carbonyl (C=O) groups is 3. The summed E-state index contributed by atoms with van der Waals surface area (Å²) in [6, 6.07) is 0. The lowest BCUT2D eigenvalue weighted by molar-refractivity contribution is -0.149. The van der Waals surface area contributed by atoms with E-state index < -0.39 is 14.4 Å². The predicted octanol–water partition coefficient (Wildman–Crippen LogP) is 14.6. The Morgan fingerprint density at radius 2 is 0.845 bits per heavy atom. The molecule has 2 atom stereocenters. The molecule has 344 valence electrons. The lowest BCUT2D eigenvalue weighted by Gasteiger charge is -2.36. The van der Waals surface area contributed by atoms with Crippen molar-refractivity contribution < 1.29 is 33.0 Å². The van der Waals surface area contributed by atoms with Crippen molar-refractivity contribution in [2.75, 3.05) is 51.0 Å². The van der Waals surface area contributed by atoms with Crippen LogP contribution in [0.25, 0.3) is 0 Å². The largest absolute Gasteiger partial charge is 0.464 e. The molecular weight excluding hydrogens is 783 g/mol. The van der Waals surface area contributed by atoms with Crippen LogP contribution >= 0.6 is 21.6 Å². The van der Waals surface area contributed by atoms with Crippen molar-refractivity contribution in [1.82, 2.24) is 4.90 Å². The van der Waals surface area contributed by atoms with Gasteiger partial charge in [-0.1, -0.05) is 198 Å². The second kappa shape index (κ2) is 37.8. The number of hydrogen-bond acceptors (Lipinski definition) is 9. The van der Waals surface area contributed by atoms with E-state index in [0.717, 1.165) is 102 Å². The molecule has 0 heterocycles. The minimum absolute atomic E-state index is 0.0980. The fourth-order valence-corrected chi connectivity index (χ4v) is 9.55. The fraction of sp³-hybridized carbons (Fsp3) is 0.936. The first-order chi connectivity index (χ1) is 27.8. The van der Waals surface area contributed by atoms with Gasteiger partial charge in [0.2, 0.25) is 0 Å². The molecule has 0 radical (unpaired) electrons. The van der Waals surface area contributed by atoms with Gasteiger partial charge in [-0.05, 0) is 43.8 Å². The maximum atomic E-state index is 13.4. The standard InChI is InChI=1S/C47H93NO7S2Si/c1-10-14-18-22-24-28-32-42(30-26-20-16-12-3)44(49)52-36-34-48(46(51)54-38-40-56-57-41-39-55-58(8,9)47(5,6)7)35-37-53-45(50)43(31-27-21-17-13-4)33-29-25-23-19-15-11-2/h42-43H,10-41H2,1-9H3. The summed E-state index contributed by atoms with van der Waals surface area (Å²) < 4.78 is 23.7. The van der Waals surface area contributed by atoms with Crippen molar-refractivity contribution in [2.24, 2.45) is 11.8 Å². The SMILES string of the molecule is CCCCCCCCC(CCCCCC)C(=O)OCCN(CCOC(=O)C(CCCCCC)CCCCCCCC)C(=O)OCCSSCCO[Si](C)(C)C(C)(C)C. The van der Waals surface area contributed by atoms with Crippen molar-refractivity contribution in [3.8, 4) is 0 Å². The number of esters is 2. The molecular formula is C47H93NO7S2Si. The van der Waals surface area contributed by atoms with Crippen LogP contribution in [-0.2, 0) is 28.2 Å². The van der Waals surface area contributed by atoms with Gasteiger partial charge in [-0.3, -0.25) is 9.59 Å². The molecule has 0 aromatic rings. The Kier molecular flexibility index (Phi) is 37.2. The van der Waals surface area contributed by atoms with Crippen molar-refractivity contribution >= 4 is 47.9 Å². The van der Waals surface area contributed by atoms with Crippen LogP contribution in [0.3, 0.4) is 0 Å². The highest BCUT2D eigenvalue weighted by molar-refractivity contribution is 8.76. The number of unbranched alkanes of at least 4 members (excludes halogenated alkanes) is 16. The second-order valence-corrected chi connectivity index (χ2v) is 25.4. The van der Waals surface area contributed by atoms with E-state index in [-0.39, 0.29) is 61.7 Å². The summed E-state index contributed by atoms with van der Waals surface area (Å²) in [7, 11) is 1.65. The lowest BCUT2D eigenvalue weighted by atomic mass is 9.94. The summed E-state index contributed by atoms with van der Waals surface area (Å²) in [6.07, 6.45) is 26.3. The number of amides is 1. The predicted molar refractivity (Wildman–Crippen MR) is 253 cm³/mol. The van der Waals surface area contributed by atoms with Gasteiger partial charge in [0, 0.05) is 18.1 Å². The normalized spacial score (nSPS) is 13.0. The summed E-state index contributed by atoms with van der Waals surface area (Å²) in [6.45, 7) is 21.7. The van der Waals surface area contributed by atoms with Gasteiger partial charge in [0.05, 0.1) is 24.9 Å². The smallest absolute Gasteiger partial charge is 0.410 e. The van der Waals surface area contributed by atoms with Gasteiger partial charge in [0.1, 0.15) is 19.8 Å². The Hall–Kier alpha value is -0.913. The van der Waals surface area contributed by atoms with Gasteiger partial charge in [-0.2, -0.15) is 0 Å². The molecule has 0 spiro atoms. The molecule has 0 aromatic heterocycles. The van der Waals surface area contributed by atoms with Gasteiger partial charge < -0.3 is 23.5 Å². The van der Waals surface area contributed by atoms with Crippen LogP contribution < -0.4 is 0 Å². The molecule has 0 aliphatic carbocycles. The quantitative estimate of drug-likeness (QED) is 0.0196. The first-order valence-electron chi connectivity index (χ1n) is 24.0. The van der Waals surface area contributed by atoms with E-state index >= 15 is 0 Å². The minimum Gasteiger partial charge on any atom is -0.464 e. The highest BCUT2D eigenvalue weighted by atomic mass is 33.1. The molecule has 0 aliphatic rings. The van der Waals surface area contributed by atoms with Crippen LogP contribution in [0.5, 0.6) is 0 Å². The molecule has 0 saturated heterocycles. The number of nitrogens with zero attached hydrogens (tertiary/aromatic N) is 1. The second-order valence-electron chi connectivity index (χ2n) is 17.9. The Balaban J connectivity index is 5.34. The van der Waals surface area contributed by atoms with Crippen molar-refractivity contribution in [2.45, 2.75) is 221 Å². The highest BCUT2D eigenvalue weighted by Gasteiger charge is 2.36. The molecule has 8 nitrogen and oxygen atoms in total. The molecule has 0 bridgehead atoms. The molecule has 1 amide bonds. The van der Waals surface area contributed by atoms with Gasteiger partial charge in [0.25, 0.3) is 0 Å². The van der Waals surface area contributed by atoms with Crippen LogP contribution in [0.15, 0.2) is 0 Å². The molecule has 58 heavy (non-hydrogen) atoms. The molecule has 0 N–H and O–H groups in total. The first-order valence-corrected chi connectivity index (χ1v) is 29.4. The Bertz CT molecular complexity index is 947. The van der Waals surface area contributed by atoms with E-state index in [1.165, 1.54) is 64.2 Å². The molecule has 0 saturated carbocycles. The number of ether oxygens (including phenoxy) is 3. The zero-order chi connectivity index (χ0) is 43.3. The molecule has 0 rings (SSSR count). The molecule has 0 fully saturated rings. The maximum absolute atomic E-state index is 13.4. The lowest BCUT2D eigenvalue weighted by Crippen LogP contribution is -2.41. The van der Waals surface area contributed by atoms with Crippen LogP contribution in [0.4, 0.5) is 4.79 Å². The first kappa shape index (κ1) is 57.1. The van der Waals surface area contributed by atoms with E-state index in [9.17, 15) is 14.4 Å². The van der Waals surface area contributed by atoms with E-state index in [4.69, 9.17) is 18.6 Å². The zero-order valence-electron chi connectivity index (χ0n) is 39.4. The average molecular weight is 876 g/mol. The molecule has 11 heteroatoms. The Morgan fingerprint density at radius 1 is 0.500 bits per heavy atom. The highest BCUT2D eigenvalue weighted by Crippen LogP contribution is 2.36. The third kappa shape index (κ3) is 31.0. The van der Waals surface area contributed by atoms with E-state index in [1.54, 1.807) is 26.5 Å². The Morgan fingerprint density at radius 3 is 1.22 bits per heavy atom. The van der Waals surface area contributed by atoms with Gasteiger partial charge >= 0.3 is 18.0 Å². The summed E-state index contributed by atoms with van der Waals surface area (Å²) in [5.74, 6) is 1.02. The number of rotatable bonds is 40. The van der Waals surface area contributed by atoms with Crippen LogP contribution in [0.1, 0.15) is 203 Å². The van der Waals surface area contributed by atoms with Crippen LogP contribution in [0, 0.1) is 11.8 Å². The van der Waals surface area contributed by atoms with Crippen molar-refractivity contribution in [3.63, 3.8) is 0 Å². The molecule has 2 unspecified atom stereocenters. The Labute approximate surface area is 367 Å². The number of hydrogen-bond donors (Lipinski definition) is 0.